The van der Waals surface area contributed by atoms with Crippen LogP contribution in [0.15, 0.2) is 12.2 Å². The zero-order valence-electron chi connectivity index (χ0n) is 8.16. The van der Waals surface area contributed by atoms with Crippen molar-refractivity contribution < 1.29 is 0 Å². The van der Waals surface area contributed by atoms with E-state index in [4.69, 9.17) is 0 Å². The molecule has 0 aromatic rings. The summed E-state index contributed by atoms with van der Waals surface area (Å²) in [5.41, 5.74) is 0. The van der Waals surface area contributed by atoms with Gasteiger partial charge in [-0.2, -0.15) is 0 Å². The molecule has 0 aromatic heterocycles. The fourth-order valence-electron chi connectivity index (χ4n) is 2.78. The van der Waals surface area contributed by atoms with Crippen molar-refractivity contribution in [2.75, 3.05) is 13.6 Å². The molecule has 12 heavy (non-hydrogen) atoms. The van der Waals surface area contributed by atoms with Gasteiger partial charge in [0.2, 0.25) is 0 Å². The molecule has 1 saturated carbocycles. The first-order chi connectivity index (χ1) is 5.81. The molecule has 0 spiro atoms. The molecule has 0 amide bonds. The zero-order chi connectivity index (χ0) is 8.55. The maximum Gasteiger partial charge on any atom is 0.0161 e. The maximum absolute atomic E-state index is 2.55. The van der Waals surface area contributed by atoms with Gasteiger partial charge in [-0.3, -0.25) is 0 Å². The summed E-state index contributed by atoms with van der Waals surface area (Å²) in [5.74, 6) is 1.80. The lowest BCUT2D eigenvalue weighted by Gasteiger charge is -2.28. The predicted molar refractivity (Wildman–Crippen MR) is 52.1 cm³/mol. The highest BCUT2D eigenvalue weighted by atomic mass is 15.1. The van der Waals surface area contributed by atoms with Gasteiger partial charge in [0.25, 0.3) is 0 Å². The summed E-state index contributed by atoms with van der Waals surface area (Å²) < 4.78 is 0. The molecule has 3 atom stereocenters. The lowest BCUT2D eigenvalue weighted by atomic mass is 10.0. The molecule has 0 aliphatic heterocycles. The highest BCUT2D eigenvalue weighted by molar-refractivity contribution is 5.12. The van der Waals surface area contributed by atoms with Crippen LogP contribution in [0.3, 0.4) is 0 Å². The van der Waals surface area contributed by atoms with Crippen LogP contribution >= 0.6 is 0 Å². The second-order valence-electron chi connectivity index (χ2n) is 4.33. The van der Waals surface area contributed by atoms with Crippen LogP contribution in [-0.2, 0) is 0 Å². The van der Waals surface area contributed by atoms with Crippen LogP contribution in [0.25, 0.3) is 0 Å². The van der Waals surface area contributed by atoms with Crippen molar-refractivity contribution in [2.24, 2.45) is 11.8 Å². The molecule has 0 heterocycles. The van der Waals surface area contributed by atoms with Crippen molar-refractivity contribution in [3.63, 3.8) is 0 Å². The molecule has 0 radical (unpaired) electrons. The largest absolute Gasteiger partial charge is 0.303 e. The number of allylic oxidation sites excluding steroid dienone is 1. The fraction of sp³-hybridized carbons (Fsp3) is 0.818. The monoisotopic (exact) mass is 165 g/mol. The second kappa shape index (κ2) is 3.21. The summed E-state index contributed by atoms with van der Waals surface area (Å²) in [6, 6.07) is 0.861. The molecule has 1 nitrogen and oxygen atoms in total. The van der Waals surface area contributed by atoms with Gasteiger partial charge in [0.1, 0.15) is 0 Å². The molecule has 2 bridgehead atoms. The normalized spacial score (nSPS) is 38.4. The van der Waals surface area contributed by atoms with Crippen molar-refractivity contribution in [3.8, 4) is 0 Å². The highest BCUT2D eigenvalue weighted by Crippen LogP contribution is 2.41. The Morgan fingerprint density at radius 1 is 1.33 bits per heavy atom. The number of hydrogen-bond donors (Lipinski definition) is 0. The van der Waals surface area contributed by atoms with Gasteiger partial charge in [0.05, 0.1) is 0 Å². The van der Waals surface area contributed by atoms with Crippen LogP contribution in [0.5, 0.6) is 0 Å². The fourth-order valence-corrected chi connectivity index (χ4v) is 2.78. The Morgan fingerprint density at radius 2 is 2.17 bits per heavy atom. The average Bonchev–Trinajstić information content (AvgIpc) is 2.64. The van der Waals surface area contributed by atoms with Crippen LogP contribution in [0.1, 0.15) is 26.2 Å². The highest BCUT2D eigenvalue weighted by Gasteiger charge is 2.37. The Balaban J connectivity index is 1.93. The number of fused-ring (bicyclic) bond motifs is 2. The molecule has 1 heteroatoms. The molecule has 1 fully saturated rings. The van der Waals surface area contributed by atoms with Gasteiger partial charge in [0.15, 0.2) is 0 Å². The first-order valence-electron chi connectivity index (χ1n) is 5.20. The van der Waals surface area contributed by atoms with Crippen molar-refractivity contribution in [1.82, 2.24) is 4.90 Å². The van der Waals surface area contributed by atoms with E-state index < -0.39 is 0 Å². The van der Waals surface area contributed by atoms with Crippen LogP contribution < -0.4 is 0 Å². The SMILES string of the molecule is CCCN(C)C1CC2C=CC1C2. The molecule has 2 aliphatic carbocycles. The third kappa shape index (κ3) is 1.31. The minimum atomic E-state index is 0.861. The first-order valence-corrected chi connectivity index (χ1v) is 5.20. The van der Waals surface area contributed by atoms with Crippen LogP contribution in [-0.4, -0.2) is 24.5 Å². The third-order valence-electron chi connectivity index (χ3n) is 3.39. The second-order valence-corrected chi connectivity index (χ2v) is 4.33. The van der Waals surface area contributed by atoms with Crippen LogP contribution in [0.2, 0.25) is 0 Å². The van der Waals surface area contributed by atoms with E-state index in [9.17, 15) is 0 Å². The van der Waals surface area contributed by atoms with Crippen LogP contribution in [0, 0.1) is 11.8 Å². The van der Waals surface area contributed by atoms with E-state index in [0.29, 0.717) is 0 Å². The lowest BCUT2D eigenvalue weighted by molar-refractivity contribution is 0.213. The maximum atomic E-state index is 2.55. The van der Waals surface area contributed by atoms with Gasteiger partial charge in [-0.15, -0.1) is 0 Å². The van der Waals surface area contributed by atoms with Crippen molar-refractivity contribution in [1.29, 1.82) is 0 Å². The van der Waals surface area contributed by atoms with E-state index in [1.54, 1.807) is 0 Å². The third-order valence-corrected chi connectivity index (χ3v) is 3.39. The van der Waals surface area contributed by atoms with E-state index in [0.717, 1.165) is 17.9 Å². The van der Waals surface area contributed by atoms with E-state index in [1.807, 2.05) is 0 Å². The smallest absolute Gasteiger partial charge is 0.0161 e. The molecule has 0 N–H and O–H groups in total. The van der Waals surface area contributed by atoms with E-state index >= 15 is 0 Å². The summed E-state index contributed by atoms with van der Waals surface area (Å²) in [6.07, 6.45) is 8.98. The van der Waals surface area contributed by atoms with Gasteiger partial charge in [-0.05, 0) is 44.7 Å². The Morgan fingerprint density at radius 3 is 2.67 bits per heavy atom. The minimum absolute atomic E-state index is 0.861. The number of hydrogen-bond acceptors (Lipinski definition) is 1. The lowest BCUT2D eigenvalue weighted by Crippen LogP contribution is -2.35. The van der Waals surface area contributed by atoms with Gasteiger partial charge < -0.3 is 4.90 Å². The standard InChI is InChI=1S/C11H19N/c1-3-6-12(2)11-8-9-4-5-10(11)7-9/h4-5,9-11H,3,6-8H2,1-2H3. The topological polar surface area (TPSA) is 3.24 Å². The molecular weight excluding hydrogens is 146 g/mol. The Labute approximate surface area is 75.4 Å². The Bertz CT molecular complexity index is 185. The van der Waals surface area contributed by atoms with E-state index in [-0.39, 0.29) is 0 Å². The van der Waals surface area contributed by atoms with Gasteiger partial charge in [-0.1, -0.05) is 19.1 Å². The van der Waals surface area contributed by atoms with Crippen LogP contribution in [0.4, 0.5) is 0 Å². The summed E-state index contributed by atoms with van der Waals surface area (Å²) in [7, 11) is 2.28. The van der Waals surface area contributed by atoms with Crippen molar-refractivity contribution in [2.45, 2.75) is 32.2 Å². The van der Waals surface area contributed by atoms with Gasteiger partial charge >= 0.3 is 0 Å². The molecule has 2 rings (SSSR count). The summed E-state index contributed by atoms with van der Waals surface area (Å²) >= 11 is 0. The van der Waals surface area contributed by atoms with Gasteiger partial charge in [-0.25, -0.2) is 0 Å². The van der Waals surface area contributed by atoms with Crippen molar-refractivity contribution >= 4 is 0 Å². The predicted octanol–water partition coefficient (Wildman–Crippen LogP) is 2.29. The van der Waals surface area contributed by atoms with E-state index in [1.165, 1.54) is 25.8 Å². The molecule has 3 unspecified atom stereocenters. The molecule has 0 aromatic carbocycles. The molecule has 0 saturated heterocycles. The molecular formula is C11H19N. The summed E-state index contributed by atoms with van der Waals surface area (Å²) in [5, 5.41) is 0. The van der Waals surface area contributed by atoms with Crippen molar-refractivity contribution in [3.05, 3.63) is 12.2 Å². The number of rotatable bonds is 3. The summed E-state index contributed by atoms with van der Waals surface area (Å²) in [4.78, 5) is 2.55. The molecule has 68 valence electrons. The number of nitrogens with zero attached hydrogens (tertiary/aromatic N) is 1. The van der Waals surface area contributed by atoms with Gasteiger partial charge in [0, 0.05) is 6.04 Å². The first kappa shape index (κ1) is 8.31. The zero-order valence-corrected chi connectivity index (χ0v) is 8.16. The Kier molecular flexibility index (Phi) is 2.22. The summed E-state index contributed by atoms with van der Waals surface area (Å²) in [6.45, 7) is 3.53. The average molecular weight is 165 g/mol. The van der Waals surface area contributed by atoms with E-state index in [2.05, 4.69) is 31.0 Å². The minimum Gasteiger partial charge on any atom is -0.303 e. The quantitative estimate of drug-likeness (QED) is 0.580. The molecule has 2 aliphatic rings. The Hall–Kier alpha value is -0.300.